The second-order valence-corrected chi connectivity index (χ2v) is 34.5. The van der Waals surface area contributed by atoms with E-state index in [4.69, 9.17) is 58.0 Å². The highest BCUT2D eigenvalue weighted by atomic mass is 35.5. The van der Waals surface area contributed by atoms with Crippen molar-refractivity contribution < 1.29 is 54.0 Å². The highest BCUT2D eigenvalue weighted by molar-refractivity contribution is 6.33. The molecule has 0 fully saturated rings. The van der Waals surface area contributed by atoms with Crippen LogP contribution < -0.4 is 0 Å². The molecule has 0 bridgehead atoms. The van der Waals surface area contributed by atoms with Gasteiger partial charge in [-0.15, -0.1) is 20.4 Å². The Morgan fingerprint density at radius 1 is 0.322 bits per heavy atom. The van der Waals surface area contributed by atoms with Crippen molar-refractivity contribution in [2.24, 2.45) is 0 Å². The number of nitrogens with one attached hydrogen (secondary N) is 2. The van der Waals surface area contributed by atoms with Crippen LogP contribution in [0, 0.1) is 0 Å². The van der Waals surface area contributed by atoms with Crippen LogP contribution in [0.5, 0.6) is 0 Å². The summed E-state index contributed by atoms with van der Waals surface area (Å²) in [5, 5.41) is 67.7. The molecule has 7 aromatic heterocycles. The number of aromatic amines is 2. The van der Waals surface area contributed by atoms with Gasteiger partial charge in [-0.1, -0.05) is 342 Å². The van der Waals surface area contributed by atoms with Crippen LogP contribution in [0.4, 0.5) is 0 Å². The minimum absolute atomic E-state index is 0.178. The minimum atomic E-state index is -0.962. The van der Waals surface area contributed by atoms with Crippen molar-refractivity contribution in [3.8, 4) is 78.4 Å². The van der Waals surface area contributed by atoms with Gasteiger partial charge in [-0.3, -0.25) is 19.2 Å². The third-order valence-electron chi connectivity index (χ3n) is 23.3. The molecule has 17 aromatic rings. The van der Waals surface area contributed by atoms with Gasteiger partial charge in [0.1, 0.15) is 51.9 Å². The molecule has 0 atom stereocenters. The molecule has 0 saturated carbocycles. The van der Waals surface area contributed by atoms with Gasteiger partial charge in [-0.25, -0.2) is 39.3 Å². The number of unbranched alkanes of at least 4 members (excludes halogenated alkanes) is 2. The Morgan fingerprint density at radius 2 is 0.594 bits per heavy atom. The zero-order chi connectivity index (χ0) is 101. The number of H-pyrrole nitrogens is 2. The Bertz CT molecular complexity index is 7300. The number of carboxylic acids is 3. The Kier molecular flexibility index (Phi) is 37.7. The Labute approximate surface area is 849 Å². The number of carbonyl (C=O) groups excluding carboxylic acids is 4. The second kappa shape index (κ2) is 51.5. The lowest BCUT2D eigenvalue weighted by Crippen LogP contribution is -2.08. The summed E-state index contributed by atoms with van der Waals surface area (Å²) in [6.07, 6.45) is 19.7. The maximum atomic E-state index is 11.5. The smallest absolute Gasteiger partial charge is 0.336 e. The van der Waals surface area contributed by atoms with Crippen molar-refractivity contribution in [3.05, 3.63) is 383 Å². The number of aliphatic hydroxyl groups excluding tert-OH is 1. The molecule has 728 valence electrons. The van der Waals surface area contributed by atoms with Crippen molar-refractivity contribution in [1.82, 2.24) is 89.0 Å². The van der Waals surface area contributed by atoms with E-state index in [0.29, 0.717) is 113 Å². The van der Waals surface area contributed by atoms with Gasteiger partial charge in [0.25, 0.3) is 0 Å². The van der Waals surface area contributed by atoms with Crippen LogP contribution in [0.15, 0.2) is 255 Å². The molecule has 0 saturated heterocycles. The summed E-state index contributed by atoms with van der Waals surface area (Å²) in [5.41, 5.74) is 18.4. The van der Waals surface area contributed by atoms with Crippen LogP contribution >= 0.6 is 58.0 Å². The lowest BCUT2D eigenvalue weighted by atomic mass is 9.98. The molecular formula is C109H101Cl5N18O11. The molecule has 0 unspecified atom stereocenters. The quantitative estimate of drug-likeness (QED) is 0.0197. The summed E-state index contributed by atoms with van der Waals surface area (Å²) in [7, 11) is 0. The fourth-order valence-corrected chi connectivity index (χ4v) is 17.3. The number of rotatable bonds is 37. The van der Waals surface area contributed by atoms with Crippen molar-refractivity contribution >= 4 is 113 Å². The maximum absolute atomic E-state index is 11.5. The van der Waals surface area contributed by atoms with Crippen molar-refractivity contribution in [2.45, 2.75) is 138 Å². The largest absolute Gasteiger partial charge is 0.478 e. The van der Waals surface area contributed by atoms with Crippen molar-refractivity contribution in [3.63, 3.8) is 0 Å². The van der Waals surface area contributed by atoms with Gasteiger partial charge < -0.3 is 43.3 Å². The SMILES string of the molecule is CC/C=C/c1nc(Cl)c(C=O)n1Cc1ccc(-c2ccccc2C(=O)O)cc1.CC/C=C/c1nc(Cl)c(CO)n1Cc1ccc(-c2ccccc2C(=O)O)cc1.CCCCc1nc(Cl)c(C=O)n1Cc1ccc(-c2ccccc2-c2nn[nH]n2)cc1.CCCCc1nc(Cl)c(C=O)n1Cc1ccc(-c2ccccc2C(=O)O)cc1.CCCc1nc(Cl)c(C=O)n1Cc1ccc(-c2ccccc2-c2nn[nH]n2)cc1. The number of aromatic carboxylic acids is 3. The average molecular weight is 2020 g/mol. The fourth-order valence-electron chi connectivity index (χ4n) is 16.0. The van der Waals surface area contributed by atoms with E-state index in [1.54, 1.807) is 59.2 Å². The van der Waals surface area contributed by atoms with Gasteiger partial charge >= 0.3 is 17.9 Å². The molecule has 0 aliphatic rings. The number of hydrogen-bond donors (Lipinski definition) is 6. The highest BCUT2D eigenvalue weighted by Gasteiger charge is 2.24. The molecule has 143 heavy (non-hydrogen) atoms. The van der Waals surface area contributed by atoms with E-state index in [1.165, 1.54) is 0 Å². The molecule has 34 heteroatoms. The molecule has 6 N–H and O–H groups in total. The summed E-state index contributed by atoms with van der Waals surface area (Å²) in [5.74, 6) is 2.02. The fraction of sp³-hybridized carbons (Fsp3) is 0.193. The molecule has 17 rings (SSSR count). The zero-order valence-corrected chi connectivity index (χ0v) is 82.5. The summed E-state index contributed by atoms with van der Waals surface area (Å²) in [4.78, 5) is 102. The van der Waals surface area contributed by atoms with Crippen LogP contribution in [0.25, 0.3) is 90.6 Å². The first kappa shape index (κ1) is 105. The number of benzene rings is 10. The normalized spacial score (nSPS) is 11.0. The predicted octanol–water partition coefficient (Wildman–Crippen LogP) is 23.9. The number of imidazole rings is 5. The van der Waals surface area contributed by atoms with Crippen LogP contribution in [-0.2, 0) is 58.6 Å². The topological polar surface area (TPSA) is 398 Å². The molecule has 29 nitrogen and oxygen atoms in total. The van der Waals surface area contributed by atoms with Crippen molar-refractivity contribution in [2.75, 3.05) is 0 Å². The maximum Gasteiger partial charge on any atom is 0.336 e. The molecule has 0 radical (unpaired) electrons. The van der Waals surface area contributed by atoms with E-state index in [0.717, 1.165) is 178 Å². The van der Waals surface area contributed by atoms with Crippen LogP contribution in [-0.4, -0.2) is 152 Å². The van der Waals surface area contributed by atoms with E-state index >= 15 is 0 Å². The number of carbonyl (C=O) groups is 7. The standard InChI is InChI=1S/C22H21ClN6O.2C22H21ClN2O3.C22H19ClN2O3.C21H19ClN6O/c1-2-3-8-20-24-21(23)19(14-30)29(20)13-15-9-11-16(12-10-15)17-6-4-5-7-18(17)22-25-27-28-26-22;3*1-2-3-8-20-24-21(23)19(14-26)25(20)13-15-9-11-16(12-10-15)17-6-4-5-7-18(17)22(27)28;1-2-5-19-23-20(22)18(13-29)28(19)12-14-8-10-15(11-9-14)16-6-3-4-7-17(16)21-24-26-27-25-21/h4-7,9-12,14H,2-3,8,13H2,1H3,(H,25,26,27,28);4-7,9-12,14H,2-3,8,13H2,1H3,(H,27,28);3-12,26H,2,13-14H2,1H3,(H,27,28);3-12,14H,2,13H2,1H3,(H,27,28);3-4,6-11,13H,2,5,12H2,1H3,(H,24,25,26,27)/b;;2*8-3+;. The molecule has 0 aliphatic heterocycles. The number of aromatic nitrogens is 18. The van der Waals surface area contributed by atoms with Gasteiger partial charge in [0, 0.05) is 63.1 Å². The summed E-state index contributed by atoms with van der Waals surface area (Å²) in [6.45, 7) is 12.6. The Morgan fingerprint density at radius 3 is 0.888 bits per heavy atom. The van der Waals surface area contributed by atoms with E-state index in [9.17, 15) is 54.0 Å². The van der Waals surface area contributed by atoms with E-state index in [1.807, 2.05) is 220 Å². The van der Waals surface area contributed by atoms with E-state index in [-0.39, 0.29) is 43.9 Å². The zero-order valence-electron chi connectivity index (χ0n) is 78.7. The Hall–Kier alpha value is -15.6. The van der Waals surface area contributed by atoms with Gasteiger partial charge in [-0.05, 0) is 156 Å². The summed E-state index contributed by atoms with van der Waals surface area (Å²) < 4.78 is 9.30. The molecule has 10 aromatic carbocycles. The number of tetrazole rings is 2. The molecule has 0 amide bonds. The lowest BCUT2D eigenvalue weighted by molar-refractivity contribution is 0.0687. The third-order valence-corrected chi connectivity index (χ3v) is 24.7. The number of halogens is 5. The Balaban J connectivity index is 0.000000150. The molecule has 0 aliphatic carbocycles. The van der Waals surface area contributed by atoms with Gasteiger partial charge in [0.15, 0.2) is 50.9 Å². The van der Waals surface area contributed by atoms with Crippen LogP contribution in [0.1, 0.15) is 215 Å². The summed E-state index contributed by atoms with van der Waals surface area (Å²) >= 11 is 30.7. The molecular weight excluding hydrogens is 1910 g/mol. The first-order valence-corrected chi connectivity index (χ1v) is 48.0. The third kappa shape index (κ3) is 26.3. The minimum Gasteiger partial charge on any atom is -0.478 e. The van der Waals surface area contributed by atoms with Crippen molar-refractivity contribution in [1.29, 1.82) is 0 Å². The number of hydrogen-bond acceptors (Lipinski definition) is 19. The number of aliphatic hydroxyl groups is 1. The number of allylic oxidation sites excluding steroid dienone is 2. The van der Waals surface area contributed by atoms with Gasteiger partial charge in [0.2, 0.25) is 11.6 Å². The number of aryl methyl sites for hydroxylation is 3. The van der Waals surface area contributed by atoms with Crippen LogP contribution in [0.3, 0.4) is 0 Å². The molecule has 0 spiro atoms. The number of nitrogens with zero attached hydrogens (tertiary/aromatic N) is 16. The van der Waals surface area contributed by atoms with Gasteiger partial charge in [0.05, 0.1) is 29.0 Å². The second-order valence-electron chi connectivity index (χ2n) is 32.7. The predicted molar refractivity (Wildman–Crippen MR) is 556 cm³/mol. The first-order valence-electron chi connectivity index (χ1n) is 46.2. The molecule has 7 heterocycles. The van der Waals surface area contributed by atoms with E-state index in [2.05, 4.69) is 111 Å². The summed E-state index contributed by atoms with van der Waals surface area (Å²) in [6, 6.07) is 75.9. The van der Waals surface area contributed by atoms with E-state index < -0.39 is 17.9 Å². The monoisotopic (exact) mass is 2010 g/mol. The highest BCUT2D eigenvalue weighted by Crippen LogP contribution is 2.36. The average Bonchev–Trinajstić information content (AvgIpc) is 1.78. The first-order chi connectivity index (χ1) is 69.5. The van der Waals surface area contributed by atoms with Gasteiger partial charge in [-0.2, -0.15) is 10.4 Å². The lowest BCUT2D eigenvalue weighted by Gasteiger charge is -2.11. The number of carboxylic acid groups (broad SMARTS) is 3. The van der Waals surface area contributed by atoms with Crippen LogP contribution in [0.2, 0.25) is 25.8 Å². The number of aldehydes is 4.